The molecule has 5 heteroatoms. The van der Waals surface area contributed by atoms with Crippen LogP contribution in [0, 0.1) is 25.2 Å². The Morgan fingerprint density at radius 1 is 1.10 bits per heavy atom. The third kappa shape index (κ3) is 3.19. The second-order valence-corrected chi connectivity index (χ2v) is 4.77. The molecule has 0 aliphatic heterocycles. The molecule has 0 saturated heterocycles. The van der Waals surface area contributed by atoms with Gasteiger partial charge in [0.25, 0.3) is 5.91 Å². The second kappa shape index (κ2) is 6.07. The largest absolute Gasteiger partial charge is 0.324 e. The minimum atomic E-state index is -0.222. The smallest absolute Gasteiger partial charge is 0.255 e. The molecule has 0 aromatic heterocycles. The number of benzene rings is 2. The van der Waals surface area contributed by atoms with Crippen molar-refractivity contribution >= 4 is 17.3 Å². The Kier molecular flexibility index (Phi) is 4.21. The Hall–Kier alpha value is -2.84. The number of nitrogens with two attached hydrogens (primary N) is 1. The molecule has 0 atom stereocenters. The number of rotatable bonds is 3. The first-order chi connectivity index (χ1) is 10.0. The van der Waals surface area contributed by atoms with Crippen molar-refractivity contribution in [3.8, 4) is 6.07 Å². The number of carbonyl (C=O) groups is 1. The maximum absolute atomic E-state index is 12.3. The zero-order chi connectivity index (χ0) is 15.4. The Morgan fingerprint density at radius 3 is 2.48 bits per heavy atom. The van der Waals surface area contributed by atoms with Crippen molar-refractivity contribution in [1.29, 1.82) is 5.26 Å². The van der Waals surface area contributed by atoms with E-state index in [0.29, 0.717) is 16.8 Å². The van der Waals surface area contributed by atoms with Gasteiger partial charge in [-0.15, -0.1) is 0 Å². The van der Waals surface area contributed by atoms with Gasteiger partial charge in [-0.3, -0.25) is 10.6 Å². The number of nitriles is 1. The summed E-state index contributed by atoms with van der Waals surface area (Å²) >= 11 is 0. The Labute approximate surface area is 123 Å². The molecule has 0 radical (unpaired) electrons. The fraction of sp³-hybridized carbons (Fsp3) is 0.125. The standard InChI is InChI=1S/C16H16N4O/c1-10-3-4-12(9-17)8-15(10)19-16(21)13-5-6-14(20-18)11(2)7-13/h3-8,20H,18H2,1-2H3,(H,19,21). The fourth-order valence-electron chi connectivity index (χ4n) is 1.99. The zero-order valence-electron chi connectivity index (χ0n) is 11.9. The maximum Gasteiger partial charge on any atom is 0.255 e. The lowest BCUT2D eigenvalue weighted by Gasteiger charge is -2.10. The van der Waals surface area contributed by atoms with Gasteiger partial charge in [0.05, 0.1) is 17.3 Å². The van der Waals surface area contributed by atoms with E-state index in [0.717, 1.165) is 16.8 Å². The molecule has 0 aliphatic carbocycles. The summed E-state index contributed by atoms with van der Waals surface area (Å²) in [4.78, 5) is 12.3. The molecular weight excluding hydrogens is 264 g/mol. The monoisotopic (exact) mass is 280 g/mol. The van der Waals surface area contributed by atoms with Crippen molar-refractivity contribution in [1.82, 2.24) is 0 Å². The van der Waals surface area contributed by atoms with Crippen LogP contribution in [0.1, 0.15) is 27.0 Å². The lowest BCUT2D eigenvalue weighted by atomic mass is 10.1. The molecule has 0 unspecified atom stereocenters. The average molecular weight is 280 g/mol. The topological polar surface area (TPSA) is 90.9 Å². The number of nitrogens with one attached hydrogen (secondary N) is 2. The minimum Gasteiger partial charge on any atom is -0.324 e. The first-order valence-corrected chi connectivity index (χ1v) is 6.44. The Balaban J connectivity index is 2.26. The molecule has 0 saturated carbocycles. The molecule has 2 rings (SSSR count). The van der Waals surface area contributed by atoms with Gasteiger partial charge in [-0.05, 0) is 55.3 Å². The van der Waals surface area contributed by atoms with Gasteiger partial charge in [0.1, 0.15) is 0 Å². The SMILES string of the molecule is Cc1cc(C(=O)Nc2cc(C#N)ccc2C)ccc1NN. The van der Waals surface area contributed by atoms with Gasteiger partial charge in [0, 0.05) is 11.3 Å². The summed E-state index contributed by atoms with van der Waals surface area (Å²) in [5.74, 6) is 5.15. The normalized spacial score (nSPS) is 9.81. The number of nitrogen functional groups attached to an aromatic ring is 1. The lowest BCUT2D eigenvalue weighted by molar-refractivity contribution is 0.102. The van der Waals surface area contributed by atoms with Crippen molar-refractivity contribution < 1.29 is 4.79 Å². The van der Waals surface area contributed by atoms with Crippen LogP contribution >= 0.6 is 0 Å². The number of aryl methyl sites for hydroxylation is 2. The van der Waals surface area contributed by atoms with E-state index < -0.39 is 0 Å². The summed E-state index contributed by atoms with van der Waals surface area (Å²) in [5, 5.41) is 11.7. The summed E-state index contributed by atoms with van der Waals surface area (Å²) in [5.41, 5.74) is 6.81. The predicted molar refractivity (Wildman–Crippen MR) is 82.8 cm³/mol. The van der Waals surface area contributed by atoms with Crippen LogP contribution in [0.15, 0.2) is 36.4 Å². The van der Waals surface area contributed by atoms with Gasteiger partial charge in [0.2, 0.25) is 0 Å². The van der Waals surface area contributed by atoms with Gasteiger partial charge in [-0.2, -0.15) is 5.26 Å². The second-order valence-electron chi connectivity index (χ2n) is 4.77. The highest BCUT2D eigenvalue weighted by atomic mass is 16.1. The van der Waals surface area contributed by atoms with Crippen LogP contribution in [0.25, 0.3) is 0 Å². The molecule has 21 heavy (non-hydrogen) atoms. The summed E-state index contributed by atoms with van der Waals surface area (Å²) in [6, 6.07) is 12.5. The highest BCUT2D eigenvalue weighted by Gasteiger charge is 2.10. The van der Waals surface area contributed by atoms with Gasteiger partial charge >= 0.3 is 0 Å². The van der Waals surface area contributed by atoms with Crippen LogP contribution in [-0.2, 0) is 0 Å². The highest BCUT2D eigenvalue weighted by molar-refractivity contribution is 6.05. The van der Waals surface area contributed by atoms with Gasteiger partial charge in [-0.25, -0.2) is 0 Å². The van der Waals surface area contributed by atoms with Crippen LogP contribution in [0.2, 0.25) is 0 Å². The predicted octanol–water partition coefficient (Wildman–Crippen LogP) is 2.71. The molecule has 0 heterocycles. The molecule has 4 N–H and O–H groups in total. The quantitative estimate of drug-likeness (QED) is 0.595. The number of hydrazine groups is 1. The van der Waals surface area contributed by atoms with Crippen molar-refractivity contribution in [2.75, 3.05) is 10.7 Å². The number of nitrogens with zero attached hydrogens (tertiary/aromatic N) is 1. The molecule has 0 bridgehead atoms. The zero-order valence-corrected chi connectivity index (χ0v) is 11.9. The molecule has 106 valence electrons. The van der Waals surface area contributed by atoms with Crippen LogP contribution in [-0.4, -0.2) is 5.91 Å². The third-order valence-electron chi connectivity index (χ3n) is 3.26. The first kappa shape index (κ1) is 14.6. The van der Waals surface area contributed by atoms with Gasteiger partial charge in [0.15, 0.2) is 0 Å². The van der Waals surface area contributed by atoms with E-state index in [1.807, 2.05) is 13.8 Å². The molecule has 2 aromatic carbocycles. The molecule has 0 fully saturated rings. The van der Waals surface area contributed by atoms with Crippen LogP contribution in [0.4, 0.5) is 11.4 Å². The summed E-state index contributed by atoms with van der Waals surface area (Å²) in [6.45, 7) is 3.75. The van der Waals surface area contributed by atoms with Crippen molar-refractivity contribution in [2.24, 2.45) is 5.84 Å². The average Bonchev–Trinajstić information content (AvgIpc) is 2.49. The van der Waals surface area contributed by atoms with Crippen molar-refractivity contribution in [3.05, 3.63) is 58.7 Å². The van der Waals surface area contributed by atoms with Crippen LogP contribution in [0.3, 0.4) is 0 Å². The maximum atomic E-state index is 12.3. The molecule has 0 aliphatic rings. The van der Waals surface area contributed by atoms with E-state index in [1.165, 1.54) is 0 Å². The number of hydrogen-bond acceptors (Lipinski definition) is 4. The number of carbonyl (C=O) groups excluding carboxylic acids is 1. The molecule has 5 nitrogen and oxygen atoms in total. The van der Waals surface area contributed by atoms with Crippen LogP contribution in [0.5, 0.6) is 0 Å². The van der Waals surface area contributed by atoms with E-state index in [-0.39, 0.29) is 5.91 Å². The Bertz CT molecular complexity index is 732. The van der Waals surface area contributed by atoms with E-state index in [2.05, 4.69) is 16.8 Å². The highest BCUT2D eigenvalue weighted by Crippen LogP contribution is 2.19. The number of amides is 1. The molecule has 1 amide bonds. The fourth-order valence-corrected chi connectivity index (χ4v) is 1.99. The summed E-state index contributed by atoms with van der Waals surface area (Å²) in [7, 11) is 0. The number of anilines is 2. The van der Waals surface area contributed by atoms with Crippen molar-refractivity contribution in [2.45, 2.75) is 13.8 Å². The Morgan fingerprint density at radius 2 is 1.86 bits per heavy atom. The summed E-state index contributed by atoms with van der Waals surface area (Å²) < 4.78 is 0. The first-order valence-electron chi connectivity index (χ1n) is 6.44. The molecule has 2 aromatic rings. The van der Waals surface area contributed by atoms with E-state index in [9.17, 15) is 4.79 Å². The van der Waals surface area contributed by atoms with E-state index in [1.54, 1.807) is 36.4 Å². The minimum absolute atomic E-state index is 0.222. The summed E-state index contributed by atoms with van der Waals surface area (Å²) in [6.07, 6.45) is 0. The number of hydrogen-bond donors (Lipinski definition) is 3. The molecular formula is C16H16N4O. The van der Waals surface area contributed by atoms with E-state index >= 15 is 0 Å². The van der Waals surface area contributed by atoms with E-state index in [4.69, 9.17) is 11.1 Å². The lowest BCUT2D eigenvalue weighted by Crippen LogP contribution is -2.14. The van der Waals surface area contributed by atoms with Crippen LogP contribution < -0.4 is 16.6 Å². The third-order valence-corrected chi connectivity index (χ3v) is 3.26. The van der Waals surface area contributed by atoms with Gasteiger partial charge in [-0.1, -0.05) is 6.07 Å². The van der Waals surface area contributed by atoms with Crippen molar-refractivity contribution in [3.63, 3.8) is 0 Å². The van der Waals surface area contributed by atoms with Gasteiger partial charge < -0.3 is 10.7 Å². The molecule has 0 spiro atoms.